The number of amides is 1. The van der Waals surface area contributed by atoms with Crippen molar-refractivity contribution in [2.24, 2.45) is 0 Å². The molecule has 4 aromatic rings. The van der Waals surface area contributed by atoms with Gasteiger partial charge in [0.25, 0.3) is 5.91 Å². The highest BCUT2D eigenvalue weighted by Crippen LogP contribution is 2.27. The molecular formula is C22H18N4O3. The molecule has 0 unspecified atom stereocenters. The minimum absolute atomic E-state index is 0.164. The first kappa shape index (κ1) is 18.2. The van der Waals surface area contributed by atoms with Crippen LogP contribution in [0, 0.1) is 0 Å². The largest absolute Gasteiger partial charge is 0.508 e. The van der Waals surface area contributed by atoms with Crippen molar-refractivity contribution in [2.75, 3.05) is 5.73 Å². The predicted molar refractivity (Wildman–Crippen MR) is 109 cm³/mol. The molecule has 0 atom stereocenters. The number of phenols is 1. The van der Waals surface area contributed by atoms with Gasteiger partial charge in [-0.3, -0.25) is 4.79 Å². The van der Waals surface area contributed by atoms with Crippen molar-refractivity contribution >= 4 is 11.7 Å². The van der Waals surface area contributed by atoms with Crippen molar-refractivity contribution in [1.82, 2.24) is 15.3 Å². The molecule has 0 aliphatic carbocycles. The van der Waals surface area contributed by atoms with E-state index in [1.807, 2.05) is 12.1 Å². The first-order valence-corrected chi connectivity index (χ1v) is 8.93. The van der Waals surface area contributed by atoms with E-state index in [0.29, 0.717) is 35.1 Å². The van der Waals surface area contributed by atoms with Crippen molar-refractivity contribution < 1.29 is 14.3 Å². The molecular weight excluding hydrogens is 368 g/mol. The maximum Gasteiger partial charge on any atom is 0.251 e. The van der Waals surface area contributed by atoms with Gasteiger partial charge in [0.2, 0.25) is 0 Å². The van der Waals surface area contributed by atoms with Crippen LogP contribution in [0.3, 0.4) is 0 Å². The second-order valence-electron chi connectivity index (χ2n) is 6.38. The van der Waals surface area contributed by atoms with Gasteiger partial charge in [-0.05, 0) is 48.5 Å². The Morgan fingerprint density at radius 2 is 1.76 bits per heavy atom. The van der Waals surface area contributed by atoms with Gasteiger partial charge in [0.15, 0.2) is 0 Å². The number of hydrogen-bond acceptors (Lipinski definition) is 6. The summed E-state index contributed by atoms with van der Waals surface area (Å²) in [6.07, 6.45) is 3.15. The number of nitrogens with two attached hydrogens (primary N) is 1. The monoisotopic (exact) mass is 386 g/mol. The Labute approximate surface area is 166 Å². The summed E-state index contributed by atoms with van der Waals surface area (Å²) < 4.78 is 5.21. The zero-order chi connectivity index (χ0) is 20.2. The lowest BCUT2D eigenvalue weighted by atomic mass is 10.1. The van der Waals surface area contributed by atoms with Crippen molar-refractivity contribution in [3.63, 3.8) is 0 Å². The number of carbonyl (C=O) groups is 1. The molecule has 4 rings (SSSR count). The molecule has 2 heterocycles. The molecule has 0 spiro atoms. The minimum Gasteiger partial charge on any atom is -0.508 e. The molecule has 0 bridgehead atoms. The molecule has 0 saturated carbocycles. The Morgan fingerprint density at radius 3 is 2.45 bits per heavy atom. The number of benzene rings is 2. The third-order valence-electron chi connectivity index (χ3n) is 4.39. The van der Waals surface area contributed by atoms with Gasteiger partial charge in [0.05, 0.1) is 24.7 Å². The van der Waals surface area contributed by atoms with Gasteiger partial charge >= 0.3 is 0 Å². The zero-order valence-corrected chi connectivity index (χ0v) is 15.4. The van der Waals surface area contributed by atoms with Crippen LogP contribution in [-0.2, 0) is 6.54 Å². The lowest BCUT2D eigenvalue weighted by molar-refractivity contribution is 0.0948. The lowest BCUT2D eigenvalue weighted by Crippen LogP contribution is -2.22. The lowest BCUT2D eigenvalue weighted by Gasteiger charge is -2.08. The maximum atomic E-state index is 12.3. The van der Waals surface area contributed by atoms with E-state index in [0.717, 1.165) is 11.1 Å². The number of furan rings is 1. The third-order valence-corrected chi connectivity index (χ3v) is 4.39. The molecule has 0 aliphatic rings. The number of rotatable bonds is 5. The number of phenolic OH excluding ortho intramolecular Hbond substituents is 1. The summed E-state index contributed by atoms with van der Waals surface area (Å²) >= 11 is 0. The smallest absolute Gasteiger partial charge is 0.251 e. The average Bonchev–Trinajstić information content (AvgIpc) is 3.27. The molecule has 2 aromatic carbocycles. The second kappa shape index (κ2) is 7.85. The summed E-state index contributed by atoms with van der Waals surface area (Å²) in [5.74, 6) is 0.959. The quantitative estimate of drug-likeness (QED) is 0.483. The normalized spacial score (nSPS) is 10.6. The summed E-state index contributed by atoms with van der Waals surface area (Å²) in [6.45, 7) is 0.326. The summed E-state index contributed by atoms with van der Waals surface area (Å²) in [7, 11) is 0. The predicted octanol–water partition coefficient (Wildman–Crippen LogP) is 3.62. The Kier molecular flexibility index (Phi) is 4.94. The van der Waals surface area contributed by atoms with Crippen LogP contribution in [0.25, 0.3) is 22.5 Å². The van der Waals surface area contributed by atoms with E-state index in [1.165, 1.54) is 0 Å². The summed E-state index contributed by atoms with van der Waals surface area (Å²) in [5.41, 5.74) is 9.23. The number of aromatic hydroxyl groups is 1. The van der Waals surface area contributed by atoms with Crippen molar-refractivity contribution in [3.8, 4) is 28.3 Å². The van der Waals surface area contributed by atoms with Crippen molar-refractivity contribution in [2.45, 2.75) is 6.54 Å². The SMILES string of the molecule is Nc1ncc(-c2ccc(C(=O)NCc3ccco3)cc2)nc1-c1ccc(O)cc1. The highest BCUT2D eigenvalue weighted by atomic mass is 16.3. The van der Waals surface area contributed by atoms with Crippen LogP contribution >= 0.6 is 0 Å². The minimum atomic E-state index is -0.193. The van der Waals surface area contributed by atoms with Crippen LogP contribution in [0.5, 0.6) is 5.75 Å². The van der Waals surface area contributed by atoms with Crippen LogP contribution in [0.2, 0.25) is 0 Å². The van der Waals surface area contributed by atoms with Crippen molar-refractivity contribution in [3.05, 3.63) is 84.4 Å². The summed E-state index contributed by atoms with van der Waals surface area (Å²) in [4.78, 5) is 21.1. The fourth-order valence-corrected chi connectivity index (χ4v) is 2.84. The Hall–Kier alpha value is -4.13. The highest BCUT2D eigenvalue weighted by molar-refractivity contribution is 5.94. The van der Waals surface area contributed by atoms with E-state index in [9.17, 15) is 9.90 Å². The maximum absolute atomic E-state index is 12.3. The number of carbonyl (C=O) groups excluding carboxylic acids is 1. The Morgan fingerprint density at radius 1 is 1.03 bits per heavy atom. The van der Waals surface area contributed by atoms with Crippen LogP contribution < -0.4 is 11.1 Å². The summed E-state index contributed by atoms with van der Waals surface area (Å²) in [5, 5.41) is 12.3. The Balaban J connectivity index is 1.53. The topological polar surface area (TPSA) is 114 Å². The van der Waals surface area contributed by atoms with E-state index >= 15 is 0 Å². The number of nitrogens with zero attached hydrogens (tertiary/aromatic N) is 2. The number of anilines is 1. The van der Waals surface area contributed by atoms with E-state index in [4.69, 9.17) is 10.2 Å². The van der Waals surface area contributed by atoms with E-state index in [-0.39, 0.29) is 11.7 Å². The fourth-order valence-electron chi connectivity index (χ4n) is 2.84. The van der Waals surface area contributed by atoms with E-state index in [2.05, 4.69) is 15.3 Å². The molecule has 7 heteroatoms. The van der Waals surface area contributed by atoms with Crippen LogP contribution in [-0.4, -0.2) is 21.0 Å². The van der Waals surface area contributed by atoms with Gasteiger partial charge in [0.1, 0.15) is 23.0 Å². The van der Waals surface area contributed by atoms with Gasteiger partial charge in [0, 0.05) is 16.7 Å². The van der Waals surface area contributed by atoms with Gasteiger partial charge in [-0.25, -0.2) is 9.97 Å². The number of nitrogen functional groups attached to an aromatic ring is 1. The van der Waals surface area contributed by atoms with Gasteiger partial charge in [-0.15, -0.1) is 0 Å². The van der Waals surface area contributed by atoms with Gasteiger partial charge < -0.3 is 20.6 Å². The fraction of sp³-hybridized carbons (Fsp3) is 0.0455. The molecule has 144 valence electrons. The molecule has 0 aliphatic heterocycles. The molecule has 0 saturated heterocycles. The van der Waals surface area contributed by atoms with Crippen LogP contribution in [0.4, 0.5) is 5.82 Å². The standard InChI is InChI=1S/C22H18N4O3/c23-21-20(15-7-9-17(27)10-8-15)26-19(13-24-21)14-3-5-16(6-4-14)22(28)25-12-18-2-1-11-29-18/h1-11,13,27H,12H2,(H2,23,24)(H,25,28). The molecule has 4 N–H and O–H groups in total. The summed E-state index contributed by atoms with van der Waals surface area (Å²) in [6, 6.07) is 17.2. The molecule has 0 fully saturated rings. The van der Waals surface area contributed by atoms with Crippen LogP contribution in [0.15, 0.2) is 77.5 Å². The second-order valence-corrected chi connectivity index (χ2v) is 6.38. The number of hydrogen-bond donors (Lipinski definition) is 3. The van der Waals surface area contributed by atoms with Gasteiger partial charge in [-0.1, -0.05) is 12.1 Å². The Bertz CT molecular complexity index is 1120. The van der Waals surface area contributed by atoms with E-state index in [1.54, 1.807) is 61.0 Å². The highest BCUT2D eigenvalue weighted by Gasteiger charge is 2.11. The van der Waals surface area contributed by atoms with Crippen LogP contribution in [0.1, 0.15) is 16.1 Å². The average molecular weight is 386 g/mol. The zero-order valence-electron chi connectivity index (χ0n) is 15.4. The number of nitrogens with one attached hydrogen (secondary N) is 1. The number of aromatic nitrogens is 2. The van der Waals surface area contributed by atoms with Gasteiger partial charge in [-0.2, -0.15) is 0 Å². The molecule has 1 amide bonds. The first-order valence-electron chi connectivity index (χ1n) is 8.93. The molecule has 7 nitrogen and oxygen atoms in total. The van der Waals surface area contributed by atoms with E-state index < -0.39 is 0 Å². The molecule has 29 heavy (non-hydrogen) atoms. The third kappa shape index (κ3) is 4.08. The van der Waals surface area contributed by atoms with Crippen molar-refractivity contribution in [1.29, 1.82) is 0 Å². The first-order chi connectivity index (χ1) is 14.1. The molecule has 2 aromatic heterocycles. The molecule has 0 radical (unpaired) electrons.